The Morgan fingerprint density at radius 1 is 0.662 bits per heavy atom. The fraction of sp³-hybridized carbons (Fsp3) is 0.217. The summed E-state index contributed by atoms with van der Waals surface area (Å²) in [5.74, 6) is 2.23. The maximum absolute atomic E-state index is 5.34. The van der Waals surface area contributed by atoms with Crippen molar-refractivity contribution >= 4 is 77.6 Å². The molecule has 0 bridgehead atoms. The molecule has 8 heteroatoms. The van der Waals surface area contributed by atoms with Gasteiger partial charge in [-0.25, -0.2) is 0 Å². The van der Waals surface area contributed by atoms with Crippen LogP contribution in [-0.2, 0) is 26.5 Å². The Balaban J connectivity index is 0.000000232. The van der Waals surface area contributed by atoms with E-state index in [9.17, 15) is 0 Å². The summed E-state index contributed by atoms with van der Waals surface area (Å²) < 4.78 is 7.24. The van der Waals surface area contributed by atoms with E-state index in [1.807, 2.05) is 41.9 Å². The van der Waals surface area contributed by atoms with Gasteiger partial charge in [-0.3, -0.25) is 9.97 Å². The molecule has 1 radical (unpaired) electrons. The van der Waals surface area contributed by atoms with Gasteiger partial charge >= 0.3 is 0 Å². The van der Waals surface area contributed by atoms with Crippen LogP contribution in [-0.4, -0.2) is 32.2 Å². The van der Waals surface area contributed by atoms with Crippen LogP contribution in [0.3, 0.4) is 0 Å². The summed E-state index contributed by atoms with van der Waals surface area (Å²) in [6.07, 6.45) is 7.00. The standard InChI is InChI=1S/C42H33N4S.C18H24NSi.Ir/c1-25(2)27-15-11-16-28(26(3)4)40(27)46-36-22-23-43-24-33(36)44-42(46)32-20-21-37(39-31-14-7-10-19-38(31)47-41(32)39)45-34-17-8-5-12-29(34)30-13-6-9-18-35(30)45;1-14(2)11-16-12-17(15-9-7-6-8-10-15)19-13-18(16)20(3,4)5;/h5-19,21-26H,1-4H3;6-9,12-14H,11H2,1-5H3;/q2*-1;. The number of para-hydroxylation sites is 3. The average molecular weight is 1100 g/mol. The first-order valence-electron chi connectivity index (χ1n) is 23.7. The summed E-state index contributed by atoms with van der Waals surface area (Å²) in [7, 11) is -1.34. The topological polar surface area (TPSA) is 48.5 Å². The molecule has 0 atom stereocenters. The first-order valence-corrected chi connectivity index (χ1v) is 28.0. The summed E-state index contributed by atoms with van der Waals surface area (Å²) >= 11 is 1.83. The molecule has 11 aromatic rings. The molecule has 0 unspecified atom stereocenters. The molecule has 0 aliphatic heterocycles. The summed E-state index contributed by atoms with van der Waals surface area (Å²) in [5.41, 5.74) is 13.9. The van der Waals surface area contributed by atoms with Crippen LogP contribution in [0.1, 0.15) is 70.1 Å². The second-order valence-corrected chi connectivity index (χ2v) is 25.9. The Morgan fingerprint density at radius 2 is 1.31 bits per heavy atom. The van der Waals surface area contributed by atoms with Crippen molar-refractivity contribution in [2.75, 3.05) is 0 Å². The minimum atomic E-state index is -1.34. The Hall–Kier alpha value is -6.02. The quantitative estimate of drug-likeness (QED) is 0.107. The van der Waals surface area contributed by atoms with Gasteiger partial charge in [0.15, 0.2) is 0 Å². The number of pyridine rings is 2. The third-order valence-corrected chi connectivity index (χ3v) is 16.2. The minimum Gasteiger partial charge on any atom is -0.350 e. The summed E-state index contributed by atoms with van der Waals surface area (Å²) in [6.45, 7) is 20.8. The van der Waals surface area contributed by atoms with Gasteiger partial charge in [-0.1, -0.05) is 157 Å². The molecule has 5 nitrogen and oxygen atoms in total. The van der Waals surface area contributed by atoms with Crippen LogP contribution in [0.15, 0.2) is 152 Å². The summed E-state index contributed by atoms with van der Waals surface area (Å²) in [4.78, 5) is 14.5. The van der Waals surface area contributed by atoms with Crippen molar-refractivity contribution in [3.63, 3.8) is 0 Å². The van der Waals surface area contributed by atoms with Gasteiger partial charge in [0.2, 0.25) is 0 Å². The van der Waals surface area contributed by atoms with Crippen LogP contribution in [0, 0.1) is 18.1 Å². The van der Waals surface area contributed by atoms with Gasteiger partial charge in [-0.15, -0.1) is 48.0 Å². The molecular weight excluding hydrogens is 1040 g/mol. The molecule has 0 amide bonds. The number of hydrogen-bond acceptors (Lipinski definition) is 4. The van der Waals surface area contributed by atoms with Crippen LogP contribution in [0.2, 0.25) is 19.6 Å². The third kappa shape index (κ3) is 8.57. The molecule has 343 valence electrons. The molecule has 68 heavy (non-hydrogen) atoms. The Kier molecular flexibility index (Phi) is 13.3. The molecule has 0 saturated carbocycles. The zero-order valence-electron chi connectivity index (χ0n) is 40.4. The molecule has 11 rings (SSSR count). The Bertz CT molecular complexity index is 3510. The number of hydrogen-bond donors (Lipinski definition) is 0. The van der Waals surface area contributed by atoms with E-state index in [0.29, 0.717) is 17.8 Å². The van der Waals surface area contributed by atoms with E-state index in [1.54, 1.807) is 0 Å². The second-order valence-electron chi connectivity index (χ2n) is 19.8. The predicted molar refractivity (Wildman–Crippen MR) is 289 cm³/mol. The zero-order chi connectivity index (χ0) is 46.6. The number of imidazole rings is 1. The van der Waals surface area contributed by atoms with Crippen LogP contribution in [0.4, 0.5) is 0 Å². The molecule has 0 fully saturated rings. The van der Waals surface area contributed by atoms with E-state index >= 15 is 0 Å². The van der Waals surface area contributed by atoms with Crippen molar-refractivity contribution < 1.29 is 20.1 Å². The zero-order valence-corrected chi connectivity index (χ0v) is 44.6. The molecule has 0 saturated heterocycles. The van der Waals surface area contributed by atoms with Gasteiger partial charge in [0.1, 0.15) is 0 Å². The molecule has 5 aromatic heterocycles. The Morgan fingerprint density at radius 3 is 1.94 bits per heavy atom. The molecule has 5 heterocycles. The summed E-state index contributed by atoms with van der Waals surface area (Å²) in [5, 5.41) is 6.46. The number of fused-ring (bicyclic) bond motifs is 7. The fourth-order valence-electron chi connectivity index (χ4n) is 9.86. The van der Waals surface area contributed by atoms with Gasteiger partial charge in [-0.2, -0.15) is 11.3 Å². The number of benzene rings is 6. The normalized spacial score (nSPS) is 11.9. The molecule has 0 aliphatic rings. The Labute approximate surface area is 419 Å². The maximum atomic E-state index is 5.34. The third-order valence-electron chi connectivity index (χ3n) is 12.9. The molecule has 6 aromatic carbocycles. The molecule has 0 spiro atoms. The van der Waals surface area contributed by atoms with Crippen LogP contribution < -0.4 is 5.19 Å². The van der Waals surface area contributed by atoms with Crippen molar-refractivity contribution in [3.05, 3.63) is 181 Å². The van der Waals surface area contributed by atoms with Crippen molar-refractivity contribution in [3.8, 4) is 34.0 Å². The number of thiophene rings is 1. The fourth-order valence-corrected chi connectivity index (χ4v) is 12.7. The minimum absolute atomic E-state index is 0. The van der Waals surface area contributed by atoms with Gasteiger partial charge in [0.25, 0.3) is 0 Å². The molecular formula is C60H57IrN5SSi-2. The molecule has 0 aliphatic carbocycles. The van der Waals surface area contributed by atoms with Gasteiger partial charge in [0.05, 0.1) is 31.1 Å². The second kappa shape index (κ2) is 19.2. The van der Waals surface area contributed by atoms with Crippen LogP contribution >= 0.6 is 11.3 Å². The van der Waals surface area contributed by atoms with Crippen molar-refractivity contribution in [2.24, 2.45) is 5.92 Å². The smallest absolute Gasteiger partial charge is 0.0957 e. The van der Waals surface area contributed by atoms with E-state index in [1.165, 1.54) is 69.5 Å². The molecule has 0 N–H and O–H groups in total. The summed E-state index contributed by atoms with van der Waals surface area (Å²) in [6, 6.07) is 54.7. The van der Waals surface area contributed by atoms with E-state index in [-0.39, 0.29) is 20.1 Å². The van der Waals surface area contributed by atoms with E-state index < -0.39 is 8.07 Å². The number of aromatic nitrogens is 5. The first kappa shape index (κ1) is 47.1. The number of rotatable bonds is 9. The van der Waals surface area contributed by atoms with Gasteiger partial charge in [0, 0.05) is 64.7 Å². The van der Waals surface area contributed by atoms with Crippen molar-refractivity contribution in [1.29, 1.82) is 0 Å². The largest absolute Gasteiger partial charge is 0.350 e. The van der Waals surface area contributed by atoms with Crippen molar-refractivity contribution in [1.82, 2.24) is 24.1 Å². The monoisotopic (exact) mass is 1100 g/mol. The maximum Gasteiger partial charge on any atom is 0.0957 e. The van der Waals surface area contributed by atoms with Crippen LogP contribution in [0.5, 0.6) is 0 Å². The van der Waals surface area contributed by atoms with Gasteiger partial charge < -0.3 is 14.1 Å². The average Bonchev–Trinajstić information content (AvgIpc) is 4.01. The SMILES string of the molecule is CC(C)Cc1cc(-c2[c-]cccc2)ncc1[Si](C)(C)C.CC(C)c1cccc(C(C)C)c1-n1c(-c2[c-]cc(-n3c4ccccc4c4ccccc43)c3c2sc2ccccc23)nc2cnccc21.[Ir]. The van der Waals surface area contributed by atoms with Crippen LogP contribution in [0.25, 0.3) is 87.0 Å². The first-order chi connectivity index (χ1) is 32.4. The van der Waals surface area contributed by atoms with E-state index in [2.05, 4.69) is 214 Å². The predicted octanol–water partition coefficient (Wildman–Crippen LogP) is 15.9. The van der Waals surface area contributed by atoms with E-state index in [0.717, 1.165) is 45.8 Å². The van der Waals surface area contributed by atoms with Gasteiger partial charge in [-0.05, 0) is 86.2 Å². The van der Waals surface area contributed by atoms with E-state index in [4.69, 9.17) is 4.98 Å². The number of nitrogens with zero attached hydrogens (tertiary/aromatic N) is 5. The van der Waals surface area contributed by atoms with Crippen molar-refractivity contribution in [2.45, 2.75) is 79.4 Å².